The van der Waals surface area contributed by atoms with E-state index in [9.17, 15) is 14.0 Å². The fraction of sp³-hybridized carbons (Fsp3) is 0.529. The van der Waals surface area contributed by atoms with Gasteiger partial charge in [-0.05, 0) is 42.9 Å². The Labute approximate surface area is 135 Å². The number of carbonyl (C=O) groups excluding carboxylic acids is 1. The minimum absolute atomic E-state index is 0.0370. The number of likely N-dealkylation sites (tertiary alicyclic amines) is 1. The number of hydrogen-bond acceptors (Lipinski definition) is 3. The van der Waals surface area contributed by atoms with E-state index in [1.54, 1.807) is 17.0 Å². The Hall–Kier alpha value is -2.11. The second kappa shape index (κ2) is 7.94. The number of carboxylic acids is 1. The quantitative estimate of drug-likeness (QED) is 0.873. The Morgan fingerprint density at radius 3 is 2.61 bits per heavy atom. The van der Waals surface area contributed by atoms with Gasteiger partial charge in [0.25, 0.3) is 0 Å². The Morgan fingerprint density at radius 2 is 2.04 bits per heavy atom. The third-order valence-corrected chi connectivity index (χ3v) is 4.27. The van der Waals surface area contributed by atoms with Crippen LogP contribution in [0.3, 0.4) is 0 Å². The van der Waals surface area contributed by atoms with Crippen LogP contribution in [0.5, 0.6) is 5.75 Å². The molecular formula is C17H22FNO4. The molecule has 0 radical (unpaired) electrons. The monoisotopic (exact) mass is 323 g/mol. The standard InChI is InChI=1S/C17H22FNO4/c1-23-15-4-2-12(10-14(15)18)3-5-16(20)19-8-6-13(7-9-19)11-17(21)22/h2,4,10,13H,3,5-9,11H2,1H3,(H,21,22). The van der Waals surface area contributed by atoms with Crippen LogP contribution in [0, 0.1) is 11.7 Å². The summed E-state index contributed by atoms with van der Waals surface area (Å²) in [6.45, 7) is 1.21. The zero-order valence-corrected chi connectivity index (χ0v) is 13.3. The van der Waals surface area contributed by atoms with Gasteiger partial charge in [0.1, 0.15) is 0 Å². The van der Waals surface area contributed by atoms with Gasteiger partial charge < -0.3 is 14.7 Å². The van der Waals surface area contributed by atoms with Crippen molar-refractivity contribution in [1.29, 1.82) is 0 Å². The number of piperidine rings is 1. The lowest BCUT2D eigenvalue weighted by Gasteiger charge is -2.31. The molecule has 1 aromatic carbocycles. The largest absolute Gasteiger partial charge is 0.494 e. The van der Waals surface area contributed by atoms with E-state index in [2.05, 4.69) is 0 Å². The van der Waals surface area contributed by atoms with Gasteiger partial charge in [-0.3, -0.25) is 9.59 Å². The number of amides is 1. The van der Waals surface area contributed by atoms with Crippen LogP contribution in [0.4, 0.5) is 4.39 Å². The van der Waals surface area contributed by atoms with Crippen LogP contribution >= 0.6 is 0 Å². The van der Waals surface area contributed by atoms with E-state index in [0.29, 0.717) is 25.9 Å². The number of halogens is 1. The molecule has 0 atom stereocenters. The molecule has 0 aliphatic carbocycles. The highest BCUT2D eigenvalue weighted by molar-refractivity contribution is 5.76. The van der Waals surface area contributed by atoms with Crippen molar-refractivity contribution in [3.05, 3.63) is 29.6 Å². The lowest BCUT2D eigenvalue weighted by molar-refractivity contribution is -0.138. The van der Waals surface area contributed by atoms with Gasteiger partial charge >= 0.3 is 5.97 Å². The van der Waals surface area contributed by atoms with E-state index < -0.39 is 11.8 Å². The van der Waals surface area contributed by atoms with Gasteiger partial charge in [0.05, 0.1) is 7.11 Å². The highest BCUT2D eigenvalue weighted by atomic mass is 19.1. The molecule has 0 unspecified atom stereocenters. The summed E-state index contributed by atoms with van der Waals surface area (Å²) < 4.78 is 18.5. The fourth-order valence-corrected chi connectivity index (χ4v) is 2.91. The molecule has 0 aromatic heterocycles. The zero-order valence-electron chi connectivity index (χ0n) is 13.3. The summed E-state index contributed by atoms with van der Waals surface area (Å²) in [6, 6.07) is 4.71. The van der Waals surface area contributed by atoms with Crippen molar-refractivity contribution in [3.63, 3.8) is 0 Å². The van der Waals surface area contributed by atoms with Crippen molar-refractivity contribution in [2.45, 2.75) is 32.1 Å². The maximum absolute atomic E-state index is 13.6. The van der Waals surface area contributed by atoms with E-state index in [1.807, 2.05) is 0 Å². The van der Waals surface area contributed by atoms with Crippen molar-refractivity contribution in [1.82, 2.24) is 4.90 Å². The van der Waals surface area contributed by atoms with Crippen molar-refractivity contribution in [3.8, 4) is 5.75 Å². The van der Waals surface area contributed by atoms with E-state index in [0.717, 1.165) is 18.4 Å². The molecule has 1 N–H and O–H groups in total. The summed E-state index contributed by atoms with van der Waals surface area (Å²) in [6.07, 6.45) is 2.45. The summed E-state index contributed by atoms with van der Waals surface area (Å²) in [5.74, 6) is -0.814. The van der Waals surface area contributed by atoms with Crippen LogP contribution in [-0.2, 0) is 16.0 Å². The molecule has 1 aliphatic heterocycles. The molecule has 5 nitrogen and oxygen atoms in total. The first-order valence-corrected chi connectivity index (χ1v) is 7.81. The first kappa shape index (κ1) is 17.2. The third kappa shape index (κ3) is 4.94. The number of ether oxygens (including phenoxy) is 1. The third-order valence-electron chi connectivity index (χ3n) is 4.27. The average Bonchev–Trinajstić information content (AvgIpc) is 2.53. The predicted molar refractivity (Wildman–Crippen MR) is 82.8 cm³/mol. The molecule has 0 saturated carbocycles. The molecule has 1 fully saturated rings. The minimum Gasteiger partial charge on any atom is -0.494 e. The van der Waals surface area contributed by atoms with E-state index >= 15 is 0 Å². The summed E-state index contributed by atoms with van der Waals surface area (Å²) in [7, 11) is 1.41. The maximum atomic E-state index is 13.6. The number of rotatable bonds is 6. The molecular weight excluding hydrogens is 301 g/mol. The lowest BCUT2D eigenvalue weighted by atomic mass is 9.93. The van der Waals surface area contributed by atoms with Crippen molar-refractivity contribution in [2.75, 3.05) is 20.2 Å². The maximum Gasteiger partial charge on any atom is 0.303 e. The molecule has 23 heavy (non-hydrogen) atoms. The van der Waals surface area contributed by atoms with E-state index in [1.165, 1.54) is 13.2 Å². The van der Waals surface area contributed by atoms with Gasteiger partial charge in [0.2, 0.25) is 5.91 Å². The number of aryl methyl sites for hydroxylation is 1. The lowest BCUT2D eigenvalue weighted by Crippen LogP contribution is -2.39. The highest BCUT2D eigenvalue weighted by Crippen LogP contribution is 2.22. The summed E-state index contributed by atoms with van der Waals surface area (Å²) in [4.78, 5) is 24.7. The normalized spacial score (nSPS) is 15.5. The van der Waals surface area contributed by atoms with E-state index in [4.69, 9.17) is 9.84 Å². The van der Waals surface area contributed by atoms with Crippen LogP contribution in [0.25, 0.3) is 0 Å². The molecule has 0 bridgehead atoms. The number of aliphatic carboxylic acids is 1. The van der Waals surface area contributed by atoms with Crippen LogP contribution in [-0.4, -0.2) is 42.1 Å². The fourth-order valence-electron chi connectivity index (χ4n) is 2.91. The second-order valence-electron chi connectivity index (χ2n) is 5.89. The number of benzene rings is 1. The Balaban J connectivity index is 1.79. The summed E-state index contributed by atoms with van der Waals surface area (Å²) in [5.41, 5.74) is 0.761. The van der Waals surface area contributed by atoms with Crippen molar-refractivity contribution < 1.29 is 23.8 Å². The zero-order chi connectivity index (χ0) is 16.8. The Kier molecular flexibility index (Phi) is 5.96. The first-order chi connectivity index (χ1) is 11.0. The number of nitrogens with zero attached hydrogens (tertiary/aromatic N) is 1. The van der Waals surface area contributed by atoms with Gasteiger partial charge in [-0.25, -0.2) is 4.39 Å². The van der Waals surface area contributed by atoms with Crippen LogP contribution in [0.15, 0.2) is 18.2 Å². The predicted octanol–water partition coefficient (Wildman–Crippen LogP) is 2.48. The molecule has 6 heteroatoms. The summed E-state index contributed by atoms with van der Waals surface area (Å²) >= 11 is 0. The first-order valence-electron chi connectivity index (χ1n) is 7.81. The smallest absolute Gasteiger partial charge is 0.303 e. The molecule has 126 valence electrons. The van der Waals surface area contributed by atoms with Gasteiger partial charge in [-0.2, -0.15) is 0 Å². The van der Waals surface area contributed by atoms with Gasteiger partial charge in [-0.1, -0.05) is 6.07 Å². The molecule has 0 spiro atoms. The highest BCUT2D eigenvalue weighted by Gasteiger charge is 2.24. The Morgan fingerprint density at radius 1 is 1.35 bits per heavy atom. The molecule has 1 aliphatic rings. The van der Waals surface area contributed by atoms with E-state index in [-0.39, 0.29) is 24.0 Å². The van der Waals surface area contributed by atoms with Crippen LogP contribution < -0.4 is 4.74 Å². The van der Waals surface area contributed by atoms with Crippen LogP contribution in [0.1, 0.15) is 31.2 Å². The van der Waals surface area contributed by atoms with Gasteiger partial charge in [0.15, 0.2) is 11.6 Å². The van der Waals surface area contributed by atoms with Crippen LogP contribution in [0.2, 0.25) is 0 Å². The van der Waals surface area contributed by atoms with Crippen molar-refractivity contribution >= 4 is 11.9 Å². The summed E-state index contributed by atoms with van der Waals surface area (Å²) in [5, 5.41) is 8.79. The molecule has 1 saturated heterocycles. The molecule has 1 amide bonds. The number of carbonyl (C=O) groups is 2. The number of carboxylic acid groups (broad SMARTS) is 1. The number of methoxy groups -OCH3 is 1. The van der Waals surface area contributed by atoms with Crippen molar-refractivity contribution in [2.24, 2.45) is 5.92 Å². The van der Waals surface area contributed by atoms with Gasteiger partial charge in [0, 0.05) is 25.9 Å². The minimum atomic E-state index is -0.781. The molecule has 1 heterocycles. The molecule has 2 rings (SSSR count). The SMILES string of the molecule is COc1ccc(CCC(=O)N2CCC(CC(=O)O)CC2)cc1F. The Bertz CT molecular complexity index is 568. The molecule has 1 aromatic rings. The number of hydrogen-bond donors (Lipinski definition) is 1. The topological polar surface area (TPSA) is 66.8 Å². The van der Waals surface area contributed by atoms with Gasteiger partial charge in [-0.15, -0.1) is 0 Å². The second-order valence-corrected chi connectivity index (χ2v) is 5.89. The average molecular weight is 323 g/mol.